The third-order valence-corrected chi connectivity index (χ3v) is 3.50. The first kappa shape index (κ1) is 14.8. The predicted molar refractivity (Wildman–Crippen MR) is 77.4 cm³/mol. The van der Waals surface area contributed by atoms with Crippen molar-refractivity contribution in [2.45, 2.75) is 13.0 Å². The molecule has 0 unspecified atom stereocenters. The first-order valence-electron chi connectivity index (χ1n) is 7.02. The number of hydrogen-bond donors (Lipinski definition) is 1. The van der Waals surface area contributed by atoms with Gasteiger partial charge in [0.25, 0.3) is 11.8 Å². The highest BCUT2D eigenvalue weighted by molar-refractivity contribution is 6.21. The van der Waals surface area contributed by atoms with E-state index in [2.05, 4.69) is 20.7 Å². The van der Waals surface area contributed by atoms with Gasteiger partial charge in [0.2, 0.25) is 5.91 Å². The number of carbonyl (C=O) groups is 3. The van der Waals surface area contributed by atoms with E-state index in [1.165, 1.54) is 11.9 Å². The molecule has 1 aromatic carbocycles. The van der Waals surface area contributed by atoms with Gasteiger partial charge < -0.3 is 5.32 Å². The van der Waals surface area contributed by atoms with Crippen molar-refractivity contribution in [3.05, 3.63) is 41.2 Å². The molecule has 0 fully saturated rings. The molecule has 1 aliphatic rings. The Labute approximate surface area is 131 Å². The number of fused-ring (bicyclic) bond motifs is 1. The minimum Gasteiger partial charge on any atom is -0.358 e. The highest BCUT2D eigenvalue weighted by Gasteiger charge is 2.34. The minimum absolute atomic E-state index is 0.0312. The highest BCUT2D eigenvalue weighted by Crippen LogP contribution is 2.22. The van der Waals surface area contributed by atoms with Crippen LogP contribution in [0.15, 0.2) is 24.3 Å². The van der Waals surface area contributed by atoms with Crippen molar-refractivity contribution in [2.75, 3.05) is 13.6 Å². The highest BCUT2D eigenvalue weighted by atomic mass is 16.2. The number of likely N-dealkylation sites (N-methyl/N-ethyl adjacent to an activating group) is 1. The van der Waals surface area contributed by atoms with Crippen molar-refractivity contribution < 1.29 is 14.4 Å². The monoisotopic (exact) mass is 314 g/mol. The number of carbonyl (C=O) groups excluding carboxylic acids is 3. The van der Waals surface area contributed by atoms with Crippen molar-refractivity contribution in [2.24, 2.45) is 0 Å². The van der Waals surface area contributed by atoms with Crippen molar-refractivity contribution >= 4 is 17.7 Å². The van der Waals surface area contributed by atoms with Gasteiger partial charge in [-0.1, -0.05) is 12.1 Å². The van der Waals surface area contributed by atoms with Crippen LogP contribution in [0.25, 0.3) is 0 Å². The molecule has 0 saturated heterocycles. The van der Waals surface area contributed by atoms with Gasteiger partial charge in [0, 0.05) is 20.0 Å². The zero-order valence-electron chi connectivity index (χ0n) is 12.4. The molecule has 0 radical (unpaired) electrons. The average molecular weight is 314 g/mol. The topological polar surface area (TPSA) is 110 Å². The van der Waals surface area contributed by atoms with Gasteiger partial charge in [-0.05, 0) is 17.3 Å². The van der Waals surface area contributed by atoms with Crippen LogP contribution in [-0.2, 0) is 17.8 Å². The van der Waals surface area contributed by atoms with Crippen LogP contribution in [-0.4, -0.2) is 56.4 Å². The number of nitrogens with one attached hydrogen (secondary N) is 1. The SMILES string of the molecule is CNC(=O)Cn1nnc(CCN2C(=O)c3ccccc3C2=O)n1. The Bertz CT molecular complexity index is 749. The van der Waals surface area contributed by atoms with Gasteiger partial charge in [0.05, 0.1) is 11.1 Å². The molecule has 1 aliphatic heterocycles. The van der Waals surface area contributed by atoms with Crippen LogP contribution in [0.4, 0.5) is 0 Å². The lowest BCUT2D eigenvalue weighted by atomic mass is 10.1. The summed E-state index contributed by atoms with van der Waals surface area (Å²) in [5, 5.41) is 14.1. The summed E-state index contributed by atoms with van der Waals surface area (Å²) >= 11 is 0. The zero-order valence-corrected chi connectivity index (χ0v) is 12.4. The molecule has 0 aliphatic carbocycles. The molecule has 23 heavy (non-hydrogen) atoms. The van der Waals surface area contributed by atoms with Crippen LogP contribution in [0.2, 0.25) is 0 Å². The molecule has 118 valence electrons. The summed E-state index contributed by atoms with van der Waals surface area (Å²) in [4.78, 5) is 38.0. The van der Waals surface area contributed by atoms with Crippen LogP contribution in [0.3, 0.4) is 0 Å². The quantitative estimate of drug-likeness (QED) is 0.728. The number of benzene rings is 1. The minimum atomic E-state index is -0.316. The van der Waals surface area contributed by atoms with Gasteiger partial charge >= 0.3 is 0 Å². The Kier molecular flexibility index (Phi) is 3.83. The van der Waals surface area contributed by atoms with Crippen molar-refractivity contribution in [1.29, 1.82) is 0 Å². The molecule has 2 heterocycles. The largest absolute Gasteiger partial charge is 0.358 e. The number of hydrogen-bond acceptors (Lipinski definition) is 6. The summed E-state index contributed by atoms with van der Waals surface area (Å²) in [7, 11) is 1.52. The van der Waals surface area contributed by atoms with Crippen LogP contribution in [0, 0.1) is 0 Å². The fourth-order valence-electron chi connectivity index (χ4n) is 2.30. The van der Waals surface area contributed by atoms with Gasteiger partial charge in [0.1, 0.15) is 6.54 Å². The molecular weight excluding hydrogens is 300 g/mol. The molecule has 0 bridgehead atoms. The van der Waals surface area contributed by atoms with E-state index < -0.39 is 0 Å². The lowest BCUT2D eigenvalue weighted by Crippen LogP contribution is -2.32. The third-order valence-electron chi connectivity index (χ3n) is 3.50. The van der Waals surface area contributed by atoms with Crippen LogP contribution < -0.4 is 5.32 Å². The molecule has 9 heteroatoms. The fraction of sp³-hybridized carbons (Fsp3) is 0.286. The molecule has 3 amide bonds. The van der Waals surface area contributed by atoms with Gasteiger partial charge in [0.15, 0.2) is 5.82 Å². The second kappa shape index (κ2) is 5.95. The molecule has 9 nitrogen and oxygen atoms in total. The van der Waals surface area contributed by atoms with E-state index in [0.29, 0.717) is 17.0 Å². The smallest absolute Gasteiger partial charge is 0.261 e. The van der Waals surface area contributed by atoms with Gasteiger partial charge in [-0.15, -0.1) is 10.2 Å². The van der Waals surface area contributed by atoms with E-state index in [4.69, 9.17) is 0 Å². The Hall–Kier alpha value is -3.10. The maximum absolute atomic E-state index is 12.2. The van der Waals surface area contributed by atoms with Crippen molar-refractivity contribution in [1.82, 2.24) is 30.4 Å². The summed E-state index contributed by atoms with van der Waals surface area (Å²) in [6.07, 6.45) is 0.277. The zero-order chi connectivity index (χ0) is 16.4. The second-order valence-electron chi connectivity index (χ2n) is 4.97. The standard InChI is InChI=1S/C14H14N6O3/c1-15-12(21)8-20-17-11(16-18-20)6-7-19-13(22)9-4-2-3-5-10(9)14(19)23/h2-5H,6-8H2,1H3,(H,15,21). The maximum Gasteiger partial charge on any atom is 0.261 e. The van der Waals surface area contributed by atoms with Crippen LogP contribution >= 0.6 is 0 Å². The van der Waals surface area contributed by atoms with E-state index in [0.717, 1.165) is 4.80 Å². The number of aromatic nitrogens is 4. The number of tetrazole rings is 1. The van der Waals surface area contributed by atoms with Gasteiger partial charge in [-0.3, -0.25) is 19.3 Å². The van der Waals surface area contributed by atoms with E-state index in [1.807, 2.05) is 0 Å². The Balaban J connectivity index is 1.65. The normalized spacial score (nSPS) is 13.3. The van der Waals surface area contributed by atoms with E-state index in [1.54, 1.807) is 24.3 Å². The van der Waals surface area contributed by atoms with Gasteiger partial charge in [-0.25, -0.2) is 0 Å². The number of imide groups is 1. The first-order valence-corrected chi connectivity index (χ1v) is 7.02. The summed E-state index contributed by atoms with van der Waals surface area (Å²) in [5.41, 5.74) is 0.822. The summed E-state index contributed by atoms with van der Waals surface area (Å²) in [6.45, 7) is 0.133. The van der Waals surface area contributed by atoms with E-state index >= 15 is 0 Å². The number of rotatable bonds is 5. The molecule has 2 aromatic rings. The molecule has 1 N–H and O–H groups in total. The molecule has 0 atom stereocenters. The van der Waals surface area contributed by atoms with E-state index in [9.17, 15) is 14.4 Å². The van der Waals surface area contributed by atoms with Gasteiger partial charge in [-0.2, -0.15) is 4.80 Å². The molecule has 1 aromatic heterocycles. The Morgan fingerprint density at radius 3 is 2.43 bits per heavy atom. The summed E-state index contributed by atoms with van der Waals surface area (Å²) in [6, 6.07) is 6.71. The lowest BCUT2D eigenvalue weighted by molar-refractivity contribution is -0.121. The Morgan fingerprint density at radius 2 is 1.83 bits per heavy atom. The summed E-state index contributed by atoms with van der Waals surface area (Å²) < 4.78 is 0. The second-order valence-corrected chi connectivity index (χ2v) is 4.97. The van der Waals surface area contributed by atoms with Crippen molar-refractivity contribution in [3.63, 3.8) is 0 Å². The van der Waals surface area contributed by atoms with E-state index in [-0.39, 0.29) is 37.2 Å². The average Bonchev–Trinajstić information content (AvgIpc) is 3.10. The molecule has 3 rings (SSSR count). The molecule has 0 saturated carbocycles. The maximum atomic E-state index is 12.2. The molecule has 0 spiro atoms. The lowest BCUT2D eigenvalue weighted by Gasteiger charge is -2.11. The fourth-order valence-corrected chi connectivity index (χ4v) is 2.30. The third kappa shape index (κ3) is 2.80. The predicted octanol–water partition coefficient (Wildman–Crippen LogP) is -0.742. The first-order chi connectivity index (χ1) is 11.1. The summed E-state index contributed by atoms with van der Waals surface area (Å²) in [5.74, 6) is -0.508. The van der Waals surface area contributed by atoms with Crippen LogP contribution in [0.1, 0.15) is 26.5 Å². The van der Waals surface area contributed by atoms with Crippen LogP contribution in [0.5, 0.6) is 0 Å². The number of amides is 3. The molecular formula is C14H14N6O3. The number of nitrogens with zero attached hydrogens (tertiary/aromatic N) is 5. The van der Waals surface area contributed by atoms with Crippen molar-refractivity contribution in [3.8, 4) is 0 Å². The Morgan fingerprint density at radius 1 is 1.17 bits per heavy atom.